The fraction of sp³-hybridized carbons (Fsp3) is 0.647. The maximum absolute atomic E-state index is 10.9. The van der Waals surface area contributed by atoms with Crippen molar-refractivity contribution in [2.75, 3.05) is 32.7 Å². The first-order valence-electron chi connectivity index (χ1n) is 7.93. The van der Waals surface area contributed by atoms with Gasteiger partial charge in [-0.05, 0) is 49.3 Å². The molecule has 0 saturated carbocycles. The van der Waals surface area contributed by atoms with E-state index in [1.54, 1.807) is 0 Å². The van der Waals surface area contributed by atoms with Crippen LogP contribution in [0.4, 0.5) is 0 Å². The molecule has 3 nitrogen and oxygen atoms in total. The van der Waals surface area contributed by atoms with Gasteiger partial charge >= 0.3 is 0 Å². The van der Waals surface area contributed by atoms with Gasteiger partial charge in [-0.3, -0.25) is 4.90 Å². The topological polar surface area (TPSA) is 35.5 Å². The van der Waals surface area contributed by atoms with Crippen LogP contribution < -0.4 is 5.32 Å². The van der Waals surface area contributed by atoms with Crippen molar-refractivity contribution in [3.8, 4) is 0 Å². The molecule has 1 aromatic carbocycles. The van der Waals surface area contributed by atoms with Crippen LogP contribution in [0.25, 0.3) is 0 Å². The molecular weight excluding hydrogens is 248 g/mol. The van der Waals surface area contributed by atoms with Crippen LogP contribution in [0.3, 0.4) is 0 Å². The largest absolute Gasteiger partial charge is 0.384 e. The van der Waals surface area contributed by atoms with Crippen molar-refractivity contribution >= 4 is 0 Å². The fourth-order valence-electron chi connectivity index (χ4n) is 3.46. The van der Waals surface area contributed by atoms with Crippen molar-refractivity contribution in [3.05, 3.63) is 34.9 Å². The third-order valence-corrected chi connectivity index (χ3v) is 4.71. The minimum Gasteiger partial charge on any atom is -0.384 e. The highest BCUT2D eigenvalue weighted by atomic mass is 16.3. The summed E-state index contributed by atoms with van der Waals surface area (Å²) in [7, 11) is 0. The summed E-state index contributed by atoms with van der Waals surface area (Å²) in [5, 5.41) is 14.2. The number of β-amino-alcohol motifs (C(OH)–C–C–N with tert-alkyl or cyclic N) is 1. The van der Waals surface area contributed by atoms with Crippen LogP contribution in [0.2, 0.25) is 0 Å². The van der Waals surface area contributed by atoms with Gasteiger partial charge in [0.05, 0.1) is 5.60 Å². The van der Waals surface area contributed by atoms with Crippen LogP contribution >= 0.6 is 0 Å². The van der Waals surface area contributed by atoms with Gasteiger partial charge in [0.2, 0.25) is 0 Å². The molecule has 110 valence electrons. The number of aliphatic hydroxyl groups is 1. The van der Waals surface area contributed by atoms with E-state index in [1.807, 2.05) is 6.92 Å². The first kappa shape index (κ1) is 14.1. The van der Waals surface area contributed by atoms with Gasteiger partial charge in [-0.15, -0.1) is 0 Å². The summed E-state index contributed by atoms with van der Waals surface area (Å²) in [5.41, 5.74) is 3.27. The van der Waals surface area contributed by atoms with Gasteiger partial charge in [0.25, 0.3) is 0 Å². The highest BCUT2D eigenvalue weighted by Gasteiger charge is 2.27. The Hall–Kier alpha value is -0.900. The first-order chi connectivity index (χ1) is 9.65. The summed E-state index contributed by atoms with van der Waals surface area (Å²) in [4.78, 5) is 2.36. The molecule has 0 spiro atoms. The highest BCUT2D eigenvalue weighted by Crippen LogP contribution is 2.28. The molecule has 0 bridgehead atoms. The number of benzene rings is 1. The summed E-state index contributed by atoms with van der Waals surface area (Å²) in [6.45, 7) is 6.80. The molecule has 2 N–H and O–H groups in total. The zero-order chi connectivity index (χ0) is 14.0. The van der Waals surface area contributed by atoms with Crippen molar-refractivity contribution in [2.24, 2.45) is 0 Å². The highest BCUT2D eigenvalue weighted by molar-refractivity contribution is 5.36. The van der Waals surface area contributed by atoms with E-state index in [0.29, 0.717) is 0 Å². The zero-order valence-corrected chi connectivity index (χ0v) is 12.5. The average molecular weight is 274 g/mol. The minimum atomic E-state index is -0.746. The summed E-state index contributed by atoms with van der Waals surface area (Å²) >= 11 is 0. The minimum absolute atomic E-state index is 0.730. The molecule has 1 atom stereocenters. The van der Waals surface area contributed by atoms with Crippen molar-refractivity contribution < 1.29 is 5.11 Å². The smallest absolute Gasteiger partial charge is 0.0994 e. The second-order valence-corrected chi connectivity index (χ2v) is 6.49. The molecule has 0 radical (unpaired) electrons. The molecular formula is C17H26N2O. The predicted octanol–water partition coefficient (Wildman–Crippen LogP) is 1.68. The molecule has 1 aromatic rings. The fourth-order valence-corrected chi connectivity index (χ4v) is 3.46. The molecule has 1 aliphatic heterocycles. The number of fused-ring (bicyclic) bond motifs is 1. The molecule has 3 heteroatoms. The summed E-state index contributed by atoms with van der Waals surface area (Å²) in [5.74, 6) is 0. The Labute approximate surface area is 122 Å². The lowest BCUT2D eigenvalue weighted by atomic mass is 9.86. The second kappa shape index (κ2) is 5.84. The van der Waals surface area contributed by atoms with E-state index in [2.05, 4.69) is 28.4 Å². The molecule has 3 rings (SSSR count). The molecule has 2 aliphatic rings. The number of piperazine rings is 1. The van der Waals surface area contributed by atoms with Gasteiger partial charge in [-0.25, -0.2) is 0 Å². The van der Waals surface area contributed by atoms with Gasteiger partial charge in [-0.2, -0.15) is 0 Å². The van der Waals surface area contributed by atoms with Crippen molar-refractivity contribution in [1.82, 2.24) is 10.2 Å². The van der Waals surface area contributed by atoms with E-state index in [0.717, 1.165) is 38.3 Å². The molecule has 1 fully saturated rings. The standard InChI is InChI=1S/C17H26N2O/c1-17(20,13-19-10-8-18-9-11-19)16-7-6-14-4-2-3-5-15(14)12-16/h6-7,12,18,20H,2-5,8-11,13H2,1H3. The van der Waals surface area contributed by atoms with Crippen LogP contribution in [0.5, 0.6) is 0 Å². The van der Waals surface area contributed by atoms with Crippen LogP contribution in [0.15, 0.2) is 18.2 Å². The Morgan fingerprint density at radius 2 is 1.85 bits per heavy atom. The number of rotatable bonds is 3. The number of aryl methyl sites for hydroxylation is 2. The summed E-state index contributed by atoms with van der Waals surface area (Å²) in [6, 6.07) is 6.61. The Morgan fingerprint density at radius 3 is 2.60 bits per heavy atom. The van der Waals surface area contributed by atoms with Crippen LogP contribution in [0.1, 0.15) is 36.5 Å². The van der Waals surface area contributed by atoms with E-state index >= 15 is 0 Å². The quantitative estimate of drug-likeness (QED) is 0.880. The molecule has 1 unspecified atom stereocenters. The Kier molecular flexibility index (Phi) is 4.11. The van der Waals surface area contributed by atoms with Gasteiger partial charge in [0.1, 0.15) is 0 Å². The Balaban J connectivity index is 1.75. The molecule has 0 aromatic heterocycles. The Morgan fingerprint density at radius 1 is 1.15 bits per heavy atom. The van der Waals surface area contributed by atoms with E-state index in [4.69, 9.17) is 0 Å². The molecule has 1 aliphatic carbocycles. The van der Waals surface area contributed by atoms with E-state index < -0.39 is 5.60 Å². The normalized spacial score (nSPS) is 23.1. The third-order valence-electron chi connectivity index (χ3n) is 4.71. The van der Waals surface area contributed by atoms with E-state index in [-0.39, 0.29) is 0 Å². The zero-order valence-electron chi connectivity index (χ0n) is 12.5. The third kappa shape index (κ3) is 3.05. The average Bonchev–Trinajstić information content (AvgIpc) is 2.47. The molecule has 1 saturated heterocycles. The van der Waals surface area contributed by atoms with Gasteiger partial charge < -0.3 is 10.4 Å². The maximum atomic E-state index is 10.9. The van der Waals surface area contributed by atoms with Crippen molar-refractivity contribution in [2.45, 2.75) is 38.2 Å². The van der Waals surface area contributed by atoms with E-state index in [1.165, 1.54) is 36.8 Å². The number of hydrogen-bond acceptors (Lipinski definition) is 3. The maximum Gasteiger partial charge on any atom is 0.0994 e. The lowest BCUT2D eigenvalue weighted by Gasteiger charge is -2.35. The lowest BCUT2D eigenvalue weighted by Crippen LogP contribution is -2.48. The molecule has 20 heavy (non-hydrogen) atoms. The number of hydrogen-bond donors (Lipinski definition) is 2. The van der Waals surface area contributed by atoms with Crippen LogP contribution in [-0.2, 0) is 18.4 Å². The monoisotopic (exact) mass is 274 g/mol. The van der Waals surface area contributed by atoms with Crippen LogP contribution in [0, 0.1) is 0 Å². The first-order valence-corrected chi connectivity index (χ1v) is 7.93. The Bertz CT molecular complexity index is 464. The van der Waals surface area contributed by atoms with Gasteiger partial charge in [0.15, 0.2) is 0 Å². The van der Waals surface area contributed by atoms with E-state index in [9.17, 15) is 5.11 Å². The number of nitrogens with zero attached hydrogens (tertiary/aromatic N) is 1. The molecule has 1 heterocycles. The summed E-state index contributed by atoms with van der Waals surface area (Å²) in [6.07, 6.45) is 4.97. The van der Waals surface area contributed by atoms with Crippen molar-refractivity contribution in [3.63, 3.8) is 0 Å². The van der Waals surface area contributed by atoms with Crippen LogP contribution in [-0.4, -0.2) is 42.7 Å². The van der Waals surface area contributed by atoms with Crippen molar-refractivity contribution in [1.29, 1.82) is 0 Å². The van der Waals surface area contributed by atoms with Gasteiger partial charge in [0, 0.05) is 32.7 Å². The van der Waals surface area contributed by atoms with Gasteiger partial charge in [-0.1, -0.05) is 18.2 Å². The lowest BCUT2D eigenvalue weighted by molar-refractivity contribution is 0.0125. The predicted molar refractivity (Wildman–Crippen MR) is 82.0 cm³/mol. The summed E-state index contributed by atoms with van der Waals surface area (Å²) < 4.78 is 0. The molecule has 0 amide bonds. The number of nitrogens with one attached hydrogen (secondary N) is 1. The SMILES string of the molecule is CC(O)(CN1CCNCC1)c1ccc2c(c1)CCCC2. The second-order valence-electron chi connectivity index (χ2n) is 6.49.